The summed E-state index contributed by atoms with van der Waals surface area (Å²) in [5.41, 5.74) is 1.36. The Morgan fingerprint density at radius 3 is 2.50 bits per heavy atom. The van der Waals surface area contributed by atoms with Crippen LogP contribution in [0.25, 0.3) is 0 Å². The van der Waals surface area contributed by atoms with Crippen LogP contribution in [0.3, 0.4) is 0 Å². The number of nitrogens with zero attached hydrogens (tertiary/aromatic N) is 1. The van der Waals surface area contributed by atoms with E-state index in [4.69, 9.17) is 16.7 Å². The molecular formula is C14H11ClN2O3. The summed E-state index contributed by atoms with van der Waals surface area (Å²) in [7, 11) is 0. The molecule has 20 heavy (non-hydrogen) atoms. The molecule has 0 atom stereocenters. The van der Waals surface area contributed by atoms with E-state index in [1.165, 1.54) is 30.6 Å². The molecule has 5 nitrogen and oxygen atoms in total. The second-order valence-electron chi connectivity index (χ2n) is 4.04. The van der Waals surface area contributed by atoms with Gasteiger partial charge in [0.25, 0.3) is 5.91 Å². The summed E-state index contributed by atoms with van der Waals surface area (Å²) < 4.78 is 0. The van der Waals surface area contributed by atoms with Gasteiger partial charge in [-0.3, -0.25) is 9.78 Å². The van der Waals surface area contributed by atoms with Crippen molar-refractivity contribution in [2.45, 2.75) is 6.54 Å². The average Bonchev–Trinajstić information content (AvgIpc) is 2.45. The SMILES string of the molecule is O=C(O)c1ccc(CNC(=O)c2ccncc2Cl)cc1. The summed E-state index contributed by atoms with van der Waals surface area (Å²) in [4.78, 5) is 26.4. The predicted octanol–water partition coefficient (Wildman–Crippen LogP) is 2.36. The standard InChI is InChI=1S/C14H11ClN2O3/c15-12-8-16-6-5-11(12)13(18)17-7-9-1-3-10(4-2-9)14(19)20/h1-6,8H,7H2,(H,17,18)(H,19,20). The zero-order valence-corrected chi connectivity index (χ0v) is 11.1. The molecule has 1 heterocycles. The molecule has 2 rings (SSSR count). The fourth-order valence-electron chi connectivity index (χ4n) is 1.60. The number of carbonyl (C=O) groups excluding carboxylic acids is 1. The van der Waals surface area contributed by atoms with Gasteiger partial charge in [-0.15, -0.1) is 0 Å². The highest BCUT2D eigenvalue weighted by molar-refractivity contribution is 6.33. The highest BCUT2D eigenvalue weighted by atomic mass is 35.5. The normalized spacial score (nSPS) is 10.1. The fourth-order valence-corrected chi connectivity index (χ4v) is 1.81. The topological polar surface area (TPSA) is 79.3 Å². The van der Waals surface area contributed by atoms with Crippen LogP contribution < -0.4 is 5.32 Å². The number of nitrogens with one attached hydrogen (secondary N) is 1. The van der Waals surface area contributed by atoms with E-state index in [-0.39, 0.29) is 23.0 Å². The molecule has 0 fully saturated rings. The summed E-state index contributed by atoms with van der Waals surface area (Å²) in [6.45, 7) is 0.289. The lowest BCUT2D eigenvalue weighted by molar-refractivity contribution is 0.0696. The summed E-state index contributed by atoms with van der Waals surface area (Å²) in [6, 6.07) is 7.81. The molecular weight excluding hydrogens is 280 g/mol. The van der Waals surface area contributed by atoms with Crippen molar-refractivity contribution < 1.29 is 14.7 Å². The van der Waals surface area contributed by atoms with Crippen LogP contribution in [0.4, 0.5) is 0 Å². The second kappa shape index (κ2) is 6.16. The van der Waals surface area contributed by atoms with Gasteiger partial charge in [-0.25, -0.2) is 4.79 Å². The van der Waals surface area contributed by atoms with Gasteiger partial charge in [-0.2, -0.15) is 0 Å². The number of hydrogen-bond donors (Lipinski definition) is 2. The van der Waals surface area contributed by atoms with Crippen LogP contribution in [0, 0.1) is 0 Å². The number of benzene rings is 1. The second-order valence-corrected chi connectivity index (χ2v) is 4.45. The third kappa shape index (κ3) is 3.33. The van der Waals surface area contributed by atoms with Crippen molar-refractivity contribution in [2.24, 2.45) is 0 Å². The summed E-state index contributed by atoms with van der Waals surface area (Å²) in [5.74, 6) is -1.29. The average molecular weight is 291 g/mol. The molecule has 0 saturated heterocycles. The van der Waals surface area contributed by atoms with Gasteiger partial charge < -0.3 is 10.4 Å². The zero-order valence-electron chi connectivity index (χ0n) is 10.3. The Morgan fingerprint density at radius 1 is 1.20 bits per heavy atom. The van der Waals surface area contributed by atoms with Gasteiger partial charge in [0.2, 0.25) is 0 Å². The van der Waals surface area contributed by atoms with Crippen molar-refractivity contribution in [1.29, 1.82) is 0 Å². The van der Waals surface area contributed by atoms with Crippen LogP contribution in [0.2, 0.25) is 5.02 Å². The maximum absolute atomic E-state index is 11.9. The van der Waals surface area contributed by atoms with Gasteiger partial charge in [0, 0.05) is 18.9 Å². The summed E-state index contributed by atoms with van der Waals surface area (Å²) in [5, 5.41) is 11.8. The molecule has 0 aliphatic carbocycles. The predicted molar refractivity (Wildman–Crippen MR) is 73.8 cm³/mol. The van der Waals surface area contributed by atoms with Crippen molar-refractivity contribution in [3.05, 3.63) is 64.4 Å². The molecule has 6 heteroatoms. The molecule has 0 aliphatic rings. The Hall–Kier alpha value is -2.40. The number of pyridine rings is 1. The minimum Gasteiger partial charge on any atom is -0.478 e. The number of hydrogen-bond acceptors (Lipinski definition) is 3. The number of rotatable bonds is 4. The Kier molecular flexibility index (Phi) is 4.32. The van der Waals surface area contributed by atoms with E-state index in [2.05, 4.69) is 10.3 Å². The number of carboxylic acids is 1. The molecule has 0 spiro atoms. The number of carbonyl (C=O) groups is 2. The van der Waals surface area contributed by atoms with Gasteiger partial charge in [0.15, 0.2) is 0 Å². The fraction of sp³-hybridized carbons (Fsp3) is 0.0714. The van der Waals surface area contributed by atoms with Gasteiger partial charge in [-0.1, -0.05) is 23.7 Å². The first-order valence-electron chi connectivity index (χ1n) is 5.78. The van der Waals surface area contributed by atoms with Gasteiger partial charge in [0.05, 0.1) is 16.1 Å². The third-order valence-electron chi connectivity index (χ3n) is 2.67. The molecule has 1 aromatic heterocycles. The van der Waals surface area contributed by atoms with Crippen LogP contribution in [0.1, 0.15) is 26.3 Å². The smallest absolute Gasteiger partial charge is 0.335 e. The first-order chi connectivity index (χ1) is 9.58. The van der Waals surface area contributed by atoms with Crippen LogP contribution >= 0.6 is 11.6 Å². The largest absolute Gasteiger partial charge is 0.478 e. The molecule has 0 aliphatic heterocycles. The van der Waals surface area contributed by atoms with Crippen molar-refractivity contribution >= 4 is 23.5 Å². The Morgan fingerprint density at radius 2 is 1.90 bits per heavy atom. The minimum absolute atomic E-state index is 0.206. The number of aromatic carboxylic acids is 1. The lowest BCUT2D eigenvalue weighted by atomic mass is 10.1. The van der Waals surface area contributed by atoms with Crippen molar-refractivity contribution in [3.8, 4) is 0 Å². The maximum Gasteiger partial charge on any atom is 0.335 e. The molecule has 1 aromatic carbocycles. The van der Waals surface area contributed by atoms with E-state index in [0.717, 1.165) is 5.56 Å². The van der Waals surface area contributed by atoms with Crippen LogP contribution in [0.15, 0.2) is 42.7 Å². The Labute approximate surface area is 120 Å². The lowest BCUT2D eigenvalue weighted by Crippen LogP contribution is -2.23. The molecule has 0 bridgehead atoms. The summed E-state index contributed by atoms with van der Waals surface area (Å²) >= 11 is 5.87. The first kappa shape index (κ1) is 14.0. The van der Waals surface area contributed by atoms with Crippen LogP contribution in [-0.2, 0) is 6.54 Å². The Bertz CT molecular complexity index is 641. The zero-order chi connectivity index (χ0) is 14.5. The number of aromatic nitrogens is 1. The van der Waals surface area contributed by atoms with E-state index >= 15 is 0 Å². The number of carboxylic acid groups (broad SMARTS) is 1. The van der Waals surface area contributed by atoms with Crippen molar-refractivity contribution in [1.82, 2.24) is 10.3 Å². The van der Waals surface area contributed by atoms with Gasteiger partial charge in [0.1, 0.15) is 0 Å². The quantitative estimate of drug-likeness (QED) is 0.906. The molecule has 0 radical (unpaired) electrons. The van der Waals surface area contributed by atoms with E-state index in [1.54, 1.807) is 12.1 Å². The lowest BCUT2D eigenvalue weighted by Gasteiger charge is -2.06. The monoisotopic (exact) mass is 290 g/mol. The van der Waals surface area contributed by atoms with E-state index in [1.807, 2.05) is 0 Å². The molecule has 0 saturated carbocycles. The molecule has 1 amide bonds. The number of halogens is 1. The molecule has 0 unspecified atom stereocenters. The van der Waals surface area contributed by atoms with Crippen LogP contribution in [0.5, 0.6) is 0 Å². The number of amides is 1. The van der Waals surface area contributed by atoms with E-state index < -0.39 is 5.97 Å². The highest BCUT2D eigenvalue weighted by Crippen LogP contribution is 2.13. The van der Waals surface area contributed by atoms with Crippen LogP contribution in [-0.4, -0.2) is 22.0 Å². The highest BCUT2D eigenvalue weighted by Gasteiger charge is 2.09. The summed E-state index contributed by atoms with van der Waals surface area (Å²) in [6.07, 6.45) is 2.89. The minimum atomic E-state index is -0.982. The maximum atomic E-state index is 11.9. The third-order valence-corrected chi connectivity index (χ3v) is 2.97. The van der Waals surface area contributed by atoms with Crippen molar-refractivity contribution in [2.75, 3.05) is 0 Å². The van der Waals surface area contributed by atoms with Gasteiger partial charge in [-0.05, 0) is 23.8 Å². The van der Waals surface area contributed by atoms with Gasteiger partial charge >= 0.3 is 5.97 Å². The Balaban J connectivity index is 2.00. The molecule has 2 N–H and O–H groups in total. The van der Waals surface area contributed by atoms with Crippen molar-refractivity contribution in [3.63, 3.8) is 0 Å². The first-order valence-corrected chi connectivity index (χ1v) is 6.15. The molecule has 2 aromatic rings. The van der Waals surface area contributed by atoms with E-state index in [0.29, 0.717) is 5.56 Å². The van der Waals surface area contributed by atoms with E-state index in [9.17, 15) is 9.59 Å². The molecule has 102 valence electrons.